The van der Waals surface area contributed by atoms with Gasteiger partial charge in [0.2, 0.25) is 0 Å². The summed E-state index contributed by atoms with van der Waals surface area (Å²) >= 11 is 0. The molecular formula is C12H16N4O3P+. The molecule has 0 aromatic carbocycles. The molecule has 2 rings (SSSR count). The van der Waals surface area contributed by atoms with E-state index in [-0.39, 0.29) is 6.16 Å². The smallest absolute Gasteiger partial charge is 0.312 e. The van der Waals surface area contributed by atoms with Gasteiger partial charge in [0, 0.05) is 38.2 Å². The molecule has 2 heterocycles. The second-order valence-corrected chi connectivity index (χ2v) is 6.35. The summed E-state index contributed by atoms with van der Waals surface area (Å²) in [5.74, 6) is 0.617. The Morgan fingerprint density at radius 2 is 1.95 bits per heavy atom. The Morgan fingerprint density at radius 1 is 1.25 bits per heavy atom. The lowest BCUT2D eigenvalue weighted by atomic mass is 10.3. The minimum absolute atomic E-state index is 0.263. The average molecular weight is 295 g/mol. The number of hydrogen-bond donors (Lipinski definition) is 0. The molecule has 7 nitrogen and oxygen atoms in total. The van der Waals surface area contributed by atoms with Crippen LogP contribution in [-0.2, 0) is 20.2 Å². The van der Waals surface area contributed by atoms with Gasteiger partial charge in [0.15, 0.2) is 18.6 Å². The van der Waals surface area contributed by atoms with Crippen LogP contribution in [0.1, 0.15) is 0 Å². The van der Waals surface area contributed by atoms with Crippen LogP contribution in [0.3, 0.4) is 0 Å². The first-order chi connectivity index (χ1) is 9.67. The van der Waals surface area contributed by atoms with Gasteiger partial charge in [0.1, 0.15) is 12.4 Å². The first-order valence-corrected chi connectivity index (χ1v) is 7.73. The van der Waals surface area contributed by atoms with Crippen LogP contribution in [0.25, 0.3) is 11.4 Å². The lowest BCUT2D eigenvalue weighted by Gasteiger charge is -2.10. The van der Waals surface area contributed by atoms with Gasteiger partial charge in [-0.1, -0.05) is 4.68 Å². The fourth-order valence-corrected chi connectivity index (χ4v) is 2.54. The monoisotopic (exact) mass is 295 g/mol. The molecule has 0 atom stereocenters. The Hall–Kier alpha value is -1.69. The Morgan fingerprint density at radius 3 is 2.50 bits per heavy atom. The minimum Gasteiger partial charge on any atom is -0.312 e. The molecule has 0 unspecified atom stereocenters. The van der Waals surface area contributed by atoms with Crippen molar-refractivity contribution in [3.63, 3.8) is 0 Å². The normalized spacial score (nSPS) is 11.5. The maximum absolute atomic E-state index is 11.9. The summed E-state index contributed by atoms with van der Waals surface area (Å²) in [4.78, 5) is 8.29. The van der Waals surface area contributed by atoms with Gasteiger partial charge in [-0.15, -0.1) is 0 Å². The number of aryl methyl sites for hydroxylation is 1. The highest BCUT2D eigenvalue weighted by atomic mass is 31.2. The fourth-order valence-electron chi connectivity index (χ4n) is 1.58. The molecule has 0 amide bonds. The standard InChI is InChI=1S/C12H16N4O3P/c1-18-20(17,19-2)9-8-16-7-4-11(10-15-16)12-13-5-3-6-14-12/h3-7,10H,8-9H2,1-2H3/q+1. The molecule has 2 aromatic rings. The zero-order chi connectivity index (χ0) is 14.4. The van der Waals surface area contributed by atoms with E-state index in [1.807, 2.05) is 6.07 Å². The zero-order valence-electron chi connectivity index (χ0n) is 11.3. The Labute approximate surface area is 117 Å². The highest BCUT2D eigenvalue weighted by molar-refractivity contribution is 7.53. The van der Waals surface area contributed by atoms with Crippen LogP contribution in [0.15, 0.2) is 36.9 Å². The Kier molecular flexibility index (Phi) is 4.89. The SMILES string of the molecule is COP(=O)(CC[n+]1ccc(-c2ncccn2)cn1)OC. The van der Waals surface area contributed by atoms with Crippen molar-refractivity contribution in [2.45, 2.75) is 6.54 Å². The highest BCUT2D eigenvalue weighted by Gasteiger charge is 2.23. The van der Waals surface area contributed by atoms with Crippen molar-refractivity contribution in [3.05, 3.63) is 36.9 Å². The van der Waals surface area contributed by atoms with Crippen LogP contribution < -0.4 is 4.68 Å². The summed E-state index contributed by atoms with van der Waals surface area (Å²) in [5.41, 5.74) is 0.823. The third-order valence-corrected chi connectivity index (χ3v) is 4.61. The third kappa shape index (κ3) is 3.66. The van der Waals surface area contributed by atoms with Crippen LogP contribution in [0.4, 0.5) is 0 Å². The molecule has 0 spiro atoms. The van der Waals surface area contributed by atoms with E-state index in [0.717, 1.165) is 5.56 Å². The molecule has 2 aromatic heterocycles. The predicted molar refractivity (Wildman–Crippen MR) is 71.9 cm³/mol. The van der Waals surface area contributed by atoms with E-state index in [1.165, 1.54) is 14.2 Å². The topological polar surface area (TPSA) is 78.1 Å². The quantitative estimate of drug-likeness (QED) is 0.590. The summed E-state index contributed by atoms with van der Waals surface area (Å²) in [6.07, 6.45) is 7.06. The first kappa shape index (κ1) is 14.7. The molecule has 0 fully saturated rings. The Balaban J connectivity index is 2.04. The summed E-state index contributed by atoms with van der Waals surface area (Å²) < 4.78 is 23.3. The van der Waals surface area contributed by atoms with Crippen molar-refractivity contribution in [3.8, 4) is 11.4 Å². The van der Waals surface area contributed by atoms with Crippen molar-refractivity contribution in [1.82, 2.24) is 15.1 Å². The van der Waals surface area contributed by atoms with Crippen molar-refractivity contribution >= 4 is 7.60 Å². The maximum Gasteiger partial charge on any atom is 0.336 e. The third-order valence-electron chi connectivity index (χ3n) is 2.75. The van der Waals surface area contributed by atoms with Crippen molar-refractivity contribution in [2.75, 3.05) is 20.4 Å². The number of aromatic nitrogens is 4. The number of hydrogen-bond acceptors (Lipinski definition) is 6. The van der Waals surface area contributed by atoms with Crippen LogP contribution in [0.5, 0.6) is 0 Å². The van der Waals surface area contributed by atoms with E-state index in [0.29, 0.717) is 12.4 Å². The predicted octanol–water partition coefficient (Wildman–Crippen LogP) is 1.31. The van der Waals surface area contributed by atoms with E-state index >= 15 is 0 Å². The minimum atomic E-state index is -3.00. The summed E-state index contributed by atoms with van der Waals surface area (Å²) in [6.45, 7) is 0.439. The molecule has 20 heavy (non-hydrogen) atoms. The molecule has 0 aliphatic heterocycles. The Bertz CT molecular complexity index is 583. The van der Waals surface area contributed by atoms with Gasteiger partial charge in [-0.25, -0.2) is 9.97 Å². The average Bonchev–Trinajstić information content (AvgIpc) is 2.54. The molecule has 0 N–H and O–H groups in total. The second kappa shape index (κ2) is 6.65. The van der Waals surface area contributed by atoms with Gasteiger partial charge in [-0.05, 0) is 11.2 Å². The van der Waals surface area contributed by atoms with E-state index in [1.54, 1.807) is 35.5 Å². The lowest BCUT2D eigenvalue weighted by molar-refractivity contribution is -0.750. The fraction of sp³-hybridized carbons (Fsp3) is 0.333. The van der Waals surface area contributed by atoms with Crippen LogP contribution >= 0.6 is 7.60 Å². The lowest BCUT2D eigenvalue weighted by Crippen LogP contribution is -2.39. The molecule has 0 aliphatic rings. The van der Waals surface area contributed by atoms with Crippen molar-refractivity contribution in [1.29, 1.82) is 0 Å². The maximum atomic E-state index is 11.9. The molecule has 0 radical (unpaired) electrons. The van der Waals surface area contributed by atoms with Crippen LogP contribution in [-0.4, -0.2) is 35.4 Å². The van der Waals surface area contributed by atoms with E-state index in [9.17, 15) is 4.57 Å². The van der Waals surface area contributed by atoms with Gasteiger partial charge in [0.25, 0.3) is 0 Å². The summed E-state index contributed by atoms with van der Waals surface area (Å²) in [5, 5.41) is 4.23. The van der Waals surface area contributed by atoms with Gasteiger partial charge in [-0.3, -0.25) is 4.57 Å². The van der Waals surface area contributed by atoms with Gasteiger partial charge in [-0.2, -0.15) is 0 Å². The van der Waals surface area contributed by atoms with Crippen molar-refractivity contribution < 1.29 is 18.3 Å². The van der Waals surface area contributed by atoms with E-state index in [2.05, 4.69) is 15.1 Å². The molecule has 0 bridgehead atoms. The van der Waals surface area contributed by atoms with Crippen LogP contribution in [0.2, 0.25) is 0 Å². The van der Waals surface area contributed by atoms with Gasteiger partial charge < -0.3 is 9.05 Å². The number of nitrogens with zero attached hydrogens (tertiary/aromatic N) is 4. The second-order valence-electron chi connectivity index (χ2n) is 3.95. The molecule has 8 heteroatoms. The van der Waals surface area contributed by atoms with E-state index in [4.69, 9.17) is 9.05 Å². The molecule has 0 saturated carbocycles. The molecule has 0 aliphatic carbocycles. The van der Waals surface area contributed by atoms with Gasteiger partial charge >= 0.3 is 7.60 Å². The largest absolute Gasteiger partial charge is 0.336 e. The van der Waals surface area contributed by atoms with Crippen molar-refractivity contribution in [2.24, 2.45) is 0 Å². The summed E-state index contributed by atoms with van der Waals surface area (Å²) in [7, 11) is -0.256. The summed E-state index contributed by atoms with van der Waals surface area (Å²) in [6, 6.07) is 3.61. The molecule has 0 saturated heterocycles. The first-order valence-electron chi connectivity index (χ1n) is 6.00. The van der Waals surface area contributed by atoms with Gasteiger partial charge in [0.05, 0.1) is 0 Å². The van der Waals surface area contributed by atoms with E-state index < -0.39 is 7.60 Å². The highest BCUT2D eigenvalue weighted by Crippen LogP contribution is 2.45. The zero-order valence-corrected chi connectivity index (χ0v) is 12.2. The number of rotatable bonds is 6. The molecule has 106 valence electrons. The molecular weight excluding hydrogens is 279 g/mol. The van der Waals surface area contributed by atoms with Crippen LogP contribution in [0, 0.1) is 0 Å².